The fraction of sp³-hybridized carbons (Fsp3) is 1.00. The average Bonchev–Trinajstić information content (AvgIpc) is 2.18. The average molecular weight is 213 g/mol. The smallest absolute Gasteiger partial charge is 0.00889 e. The number of unbranched alkanes of at least 4 members (excludes halogenated alkanes) is 1. The molecule has 1 heterocycles. The Hall–Kier alpha value is -0.120. The van der Waals surface area contributed by atoms with E-state index in [-0.39, 0.29) is 0 Å². The van der Waals surface area contributed by atoms with Gasteiger partial charge in [-0.3, -0.25) is 0 Å². The van der Waals surface area contributed by atoms with Gasteiger partial charge in [0, 0.05) is 12.6 Å². The third-order valence-electron chi connectivity index (χ3n) is 3.39. The van der Waals surface area contributed by atoms with E-state index in [1.54, 1.807) is 0 Å². The third-order valence-corrected chi connectivity index (χ3v) is 3.39. The molecule has 1 aliphatic rings. The first-order valence-corrected chi connectivity index (χ1v) is 6.22. The van der Waals surface area contributed by atoms with Crippen molar-refractivity contribution in [2.75, 3.05) is 40.3 Å². The number of piperidine rings is 1. The molecule has 0 saturated carbocycles. The Morgan fingerprint density at radius 2 is 2.07 bits per heavy atom. The Balaban J connectivity index is 2.07. The fourth-order valence-corrected chi connectivity index (χ4v) is 2.22. The van der Waals surface area contributed by atoms with Crippen molar-refractivity contribution in [1.82, 2.24) is 9.80 Å². The number of hydrogen-bond acceptors (Lipinski definition) is 3. The van der Waals surface area contributed by atoms with E-state index in [1.165, 1.54) is 45.4 Å². The minimum atomic E-state index is 0.433. The van der Waals surface area contributed by atoms with Crippen LogP contribution >= 0.6 is 0 Å². The molecule has 0 spiro atoms. The van der Waals surface area contributed by atoms with E-state index in [0.717, 1.165) is 0 Å². The quantitative estimate of drug-likeness (QED) is 0.692. The summed E-state index contributed by atoms with van der Waals surface area (Å²) < 4.78 is 0. The van der Waals surface area contributed by atoms with Crippen LogP contribution in [0.3, 0.4) is 0 Å². The molecule has 1 saturated heterocycles. The fourth-order valence-electron chi connectivity index (χ4n) is 2.22. The molecule has 1 fully saturated rings. The molecule has 3 heteroatoms. The van der Waals surface area contributed by atoms with Gasteiger partial charge >= 0.3 is 0 Å². The summed E-state index contributed by atoms with van der Waals surface area (Å²) in [5.41, 5.74) is 6.00. The molecule has 1 rings (SSSR count). The molecule has 0 aromatic heterocycles. The van der Waals surface area contributed by atoms with Crippen LogP contribution in [-0.2, 0) is 0 Å². The summed E-state index contributed by atoms with van der Waals surface area (Å²) in [5, 5.41) is 0. The van der Waals surface area contributed by atoms with Gasteiger partial charge in [-0.2, -0.15) is 0 Å². The zero-order valence-electron chi connectivity index (χ0n) is 10.6. The molecule has 2 N–H and O–H groups in total. The molecule has 0 aromatic rings. The van der Waals surface area contributed by atoms with Gasteiger partial charge in [-0.05, 0) is 58.9 Å². The highest BCUT2D eigenvalue weighted by Gasteiger charge is 2.22. The summed E-state index contributed by atoms with van der Waals surface area (Å²) in [7, 11) is 4.28. The Labute approximate surface area is 94.6 Å². The lowest BCUT2D eigenvalue weighted by atomic mass is 9.95. The van der Waals surface area contributed by atoms with Crippen LogP contribution < -0.4 is 5.73 Å². The van der Waals surface area contributed by atoms with Crippen molar-refractivity contribution < 1.29 is 0 Å². The van der Waals surface area contributed by atoms with Crippen LogP contribution in [0.2, 0.25) is 0 Å². The first kappa shape index (κ1) is 12.9. The summed E-state index contributed by atoms with van der Waals surface area (Å²) in [6.45, 7) is 7.14. The summed E-state index contributed by atoms with van der Waals surface area (Å²) in [4.78, 5) is 4.83. The Bertz CT molecular complexity index is 170. The molecule has 15 heavy (non-hydrogen) atoms. The molecule has 0 radical (unpaired) electrons. The summed E-state index contributed by atoms with van der Waals surface area (Å²) in [6, 6.07) is 0.433. The van der Waals surface area contributed by atoms with Crippen LogP contribution in [0, 0.1) is 5.92 Å². The SMILES string of the molecule is CC1CN(CCCCN(C)C)CCC1N. The standard InChI is InChI=1S/C12H27N3/c1-11-10-15(9-6-12(11)13)8-5-4-7-14(2)3/h11-12H,4-10,13H2,1-3H3. The molecule has 0 bridgehead atoms. The van der Waals surface area contributed by atoms with Crippen LogP contribution in [0.1, 0.15) is 26.2 Å². The van der Waals surface area contributed by atoms with Crippen molar-refractivity contribution in [1.29, 1.82) is 0 Å². The molecule has 2 unspecified atom stereocenters. The van der Waals surface area contributed by atoms with Crippen molar-refractivity contribution in [2.45, 2.75) is 32.2 Å². The molecule has 90 valence electrons. The minimum absolute atomic E-state index is 0.433. The lowest BCUT2D eigenvalue weighted by molar-refractivity contribution is 0.161. The maximum absolute atomic E-state index is 6.00. The van der Waals surface area contributed by atoms with Crippen molar-refractivity contribution in [3.05, 3.63) is 0 Å². The highest BCUT2D eigenvalue weighted by Crippen LogP contribution is 2.15. The van der Waals surface area contributed by atoms with Gasteiger partial charge in [-0.25, -0.2) is 0 Å². The predicted octanol–water partition coefficient (Wildman–Crippen LogP) is 0.997. The lowest BCUT2D eigenvalue weighted by Crippen LogP contribution is -2.46. The van der Waals surface area contributed by atoms with Gasteiger partial charge in [0.1, 0.15) is 0 Å². The van der Waals surface area contributed by atoms with Crippen LogP contribution in [-0.4, -0.2) is 56.1 Å². The molecule has 0 amide bonds. The number of nitrogens with two attached hydrogens (primary N) is 1. The van der Waals surface area contributed by atoms with Gasteiger partial charge in [0.2, 0.25) is 0 Å². The molecule has 0 aromatic carbocycles. The Morgan fingerprint density at radius 3 is 2.67 bits per heavy atom. The van der Waals surface area contributed by atoms with E-state index in [4.69, 9.17) is 5.73 Å². The Morgan fingerprint density at radius 1 is 1.33 bits per heavy atom. The second-order valence-corrected chi connectivity index (χ2v) is 5.24. The summed E-state index contributed by atoms with van der Waals surface area (Å²) >= 11 is 0. The van der Waals surface area contributed by atoms with Gasteiger partial charge in [-0.1, -0.05) is 6.92 Å². The van der Waals surface area contributed by atoms with Crippen LogP contribution in [0.5, 0.6) is 0 Å². The van der Waals surface area contributed by atoms with Crippen molar-refractivity contribution >= 4 is 0 Å². The zero-order valence-corrected chi connectivity index (χ0v) is 10.6. The van der Waals surface area contributed by atoms with Crippen molar-refractivity contribution in [2.24, 2.45) is 11.7 Å². The third kappa shape index (κ3) is 4.96. The highest BCUT2D eigenvalue weighted by molar-refractivity contribution is 4.79. The second-order valence-electron chi connectivity index (χ2n) is 5.24. The van der Waals surface area contributed by atoms with E-state index in [9.17, 15) is 0 Å². The largest absolute Gasteiger partial charge is 0.327 e. The van der Waals surface area contributed by atoms with Gasteiger partial charge in [-0.15, -0.1) is 0 Å². The summed E-state index contributed by atoms with van der Waals surface area (Å²) in [6.07, 6.45) is 3.80. The van der Waals surface area contributed by atoms with Gasteiger partial charge in [0.15, 0.2) is 0 Å². The van der Waals surface area contributed by atoms with Crippen LogP contribution in [0.25, 0.3) is 0 Å². The molecule has 1 aliphatic heterocycles. The van der Waals surface area contributed by atoms with Gasteiger partial charge < -0.3 is 15.5 Å². The Kier molecular flexibility index (Phi) is 5.58. The number of rotatable bonds is 5. The first-order valence-electron chi connectivity index (χ1n) is 6.22. The van der Waals surface area contributed by atoms with E-state index in [2.05, 4.69) is 30.8 Å². The van der Waals surface area contributed by atoms with E-state index in [0.29, 0.717) is 12.0 Å². The molecular weight excluding hydrogens is 186 g/mol. The van der Waals surface area contributed by atoms with E-state index in [1.807, 2.05) is 0 Å². The normalized spacial score (nSPS) is 28.6. The lowest BCUT2D eigenvalue weighted by Gasteiger charge is -2.35. The molecule has 2 atom stereocenters. The van der Waals surface area contributed by atoms with E-state index < -0.39 is 0 Å². The van der Waals surface area contributed by atoms with Crippen molar-refractivity contribution in [3.8, 4) is 0 Å². The maximum atomic E-state index is 6.00. The monoisotopic (exact) mass is 213 g/mol. The van der Waals surface area contributed by atoms with E-state index >= 15 is 0 Å². The maximum Gasteiger partial charge on any atom is 0.00889 e. The number of likely N-dealkylation sites (tertiary alicyclic amines) is 1. The predicted molar refractivity (Wildman–Crippen MR) is 66.0 cm³/mol. The first-order chi connectivity index (χ1) is 7.09. The van der Waals surface area contributed by atoms with Crippen molar-refractivity contribution in [3.63, 3.8) is 0 Å². The van der Waals surface area contributed by atoms with Crippen LogP contribution in [0.15, 0.2) is 0 Å². The molecular formula is C12H27N3. The zero-order chi connectivity index (χ0) is 11.3. The second kappa shape index (κ2) is 6.46. The topological polar surface area (TPSA) is 32.5 Å². The molecule has 3 nitrogen and oxygen atoms in total. The number of hydrogen-bond donors (Lipinski definition) is 1. The summed E-state index contributed by atoms with van der Waals surface area (Å²) in [5.74, 6) is 0.674. The van der Waals surface area contributed by atoms with Gasteiger partial charge in [0.25, 0.3) is 0 Å². The number of nitrogens with zero attached hydrogens (tertiary/aromatic N) is 2. The molecule has 0 aliphatic carbocycles. The van der Waals surface area contributed by atoms with Gasteiger partial charge in [0.05, 0.1) is 0 Å². The van der Waals surface area contributed by atoms with Crippen LogP contribution in [0.4, 0.5) is 0 Å². The highest BCUT2D eigenvalue weighted by atomic mass is 15.1. The minimum Gasteiger partial charge on any atom is -0.327 e.